The third-order valence-corrected chi connectivity index (χ3v) is 5.14. The van der Waals surface area contributed by atoms with Gasteiger partial charge in [-0.15, -0.1) is 0 Å². The molecule has 2 heterocycles. The van der Waals surface area contributed by atoms with E-state index in [4.69, 9.17) is 0 Å². The smallest absolute Gasteiger partial charge is 0.165 e. The van der Waals surface area contributed by atoms with Gasteiger partial charge in [-0.3, -0.25) is 4.79 Å². The summed E-state index contributed by atoms with van der Waals surface area (Å²) in [7, 11) is 0. The number of imidazole rings is 1. The first-order chi connectivity index (χ1) is 11.2. The molecule has 122 valence electrons. The molecule has 0 unspecified atom stereocenters. The van der Waals surface area contributed by atoms with Crippen molar-refractivity contribution < 1.29 is 9.90 Å². The number of aromatic amines is 1. The lowest BCUT2D eigenvalue weighted by atomic mass is 9.91. The van der Waals surface area contributed by atoms with Crippen LogP contribution in [0, 0.1) is 5.92 Å². The van der Waals surface area contributed by atoms with Gasteiger partial charge in [0, 0.05) is 17.9 Å². The third-order valence-electron chi connectivity index (χ3n) is 5.14. The molecule has 2 fully saturated rings. The number of hydrogen-bond donors (Lipinski definition) is 3. The monoisotopic (exact) mass is 313 g/mol. The van der Waals surface area contributed by atoms with Crippen molar-refractivity contribution >= 4 is 16.8 Å². The van der Waals surface area contributed by atoms with E-state index in [-0.39, 0.29) is 11.5 Å². The van der Waals surface area contributed by atoms with Crippen LogP contribution in [0.3, 0.4) is 0 Å². The number of ketones is 1. The molecule has 1 aliphatic heterocycles. The summed E-state index contributed by atoms with van der Waals surface area (Å²) >= 11 is 0. The van der Waals surface area contributed by atoms with Gasteiger partial charge in [0.1, 0.15) is 22.6 Å². The van der Waals surface area contributed by atoms with Crippen LogP contribution >= 0.6 is 0 Å². The number of carbonyl (C=O) groups excluding carboxylic acids is 1. The molecule has 1 saturated heterocycles. The largest absolute Gasteiger partial charge is 0.506 e. The maximum absolute atomic E-state index is 12.7. The summed E-state index contributed by atoms with van der Waals surface area (Å²) in [5.41, 5.74) is 1.90. The molecule has 2 aromatic rings. The van der Waals surface area contributed by atoms with E-state index in [9.17, 15) is 9.90 Å². The number of nitrogens with zero attached hydrogens (tertiary/aromatic N) is 1. The number of Topliss-reactive ketones (excluding diaryl/α,β-unsaturated/α-hetero) is 1. The minimum absolute atomic E-state index is 0.141. The Labute approximate surface area is 135 Å². The highest BCUT2D eigenvalue weighted by Crippen LogP contribution is 2.40. The Balaban J connectivity index is 1.55. The summed E-state index contributed by atoms with van der Waals surface area (Å²) in [4.78, 5) is 20.5. The third kappa shape index (κ3) is 2.98. The number of phenols is 1. The van der Waals surface area contributed by atoms with E-state index < -0.39 is 0 Å². The Morgan fingerprint density at radius 3 is 2.74 bits per heavy atom. The molecular formula is C18H23N3O2. The summed E-state index contributed by atoms with van der Waals surface area (Å²) in [6.07, 6.45) is 6.11. The minimum atomic E-state index is 0.141. The highest BCUT2D eigenvalue weighted by molar-refractivity contribution is 6.07. The summed E-state index contributed by atoms with van der Waals surface area (Å²) in [5.74, 6) is 2.35. The van der Waals surface area contributed by atoms with Gasteiger partial charge < -0.3 is 15.4 Å². The van der Waals surface area contributed by atoms with Crippen LogP contribution in [0.5, 0.6) is 5.75 Å². The van der Waals surface area contributed by atoms with Crippen LogP contribution in [0.25, 0.3) is 11.0 Å². The van der Waals surface area contributed by atoms with Crippen LogP contribution in [0.1, 0.15) is 60.6 Å². The molecule has 23 heavy (non-hydrogen) atoms. The number of aromatic hydroxyl groups is 1. The lowest BCUT2D eigenvalue weighted by Crippen LogP contribution is -2.28. The number of nitrogens with one attached hydrogen (secondary N) is 2. The number of carbonyl (C=O) groups is 1. The SMILES string of the molecule is O=C(CCC1CCNCC1)c1ccc(O)c2[nH]c(C3CC3)nc12. The molecule has 0 bridgehead atoms. The molecule has 0 spiro atoms. The van der Waals surface area contributed by atoms with Gasteiger partial charge in [-0.05, 0) is 63.2 Å². The lowest BCUT2D eigenvalue weighted by molar-refractivity contribution is 0.0972. The first-order valence-corrected chi connectivity index (χ1v) is 8.68. The second-order valence-corrected chi connectivity index (χ2v) is 6.91. The molecule has 0 atom stereocenters. The van der Waals surface area contributed by atoms with Gasteiger partial charge in [-0.25, -0.2) is 4.98 Å². The zero-order chi connectivity index (χ0) is 15.8. The number of benzene rings is 1. The zero-order valence-electron chi connectivity index (χ0n) is 13.3. The molecule has 1 aromatic heterocycles. The van der Waals surface area contributed by atoms with Gasteiger partial charge in [0.2, 0.25) is 0 Å². The molecule has 0 amide bonds. The molecule has 4 rings (SSSR count). The molecule has 0 radical (unpaired) electrons. The molecule has 1 saturated carbocycles. The topological polar surface area (TPSA) is 78.0 Å². The van der Waals surface area contributed by atoms with Crippen molar-refractivity contribution in [1.29, 1.82) is 0 Å². The van der Waals surface area contributed by atoms with Crippen LogP contribution in [0.4, 0.5) is 0 Å². The summed E-state index contributed by atoms with van der Waals surface area (Å²) < 4.78 is 0. The zero-order valence-corrected chi connectivity index (χ0v) is 13.3. The highest BCUT2D eigenvalue weighted by Gasteiger charge is 2.28. The van der Waals surface area contributed by atoms with Gasteiger partial charge in [0.05, 0.1) is 0 Å². The van der Waals surface area contributed by atoms with Gasteiger partial charge in [-0.1, -0.05) is 0 Å². The fourth-order valence-electron chi connectivity index (χ4n) is 3.51. The van der Waals surface area contributed by atoms with Crippen molar-refractivity contribution in [3.63, 3.8) is 0 Å². The average molecular weight is 313 g/mol. The fourth-order valence-corrected chi connectivity index (χ4v) is 3.51. The first-order valence-electron chi connectivity index (χ1n) is 8.68. The molecule has 1 aromatic carbocycles. The lowest BCUT2D eigenvalue weighted by Gasteiger charge is -2.22. The second-order valence-electron chi connectivity index (χ2n) is 6.91. The van der Waals surface area contributed by atoms with E-state index >= 15 is 0 Å². The number of piperidine rings is 1. The van der Waals surface area contributed by atoms with E-state index in [1.807, 2.05) is 0 Å². The number of fused-ring (bicyclic) bond motifs is 1. The van der Waals surface area contributed by atoms with E-state index in [1.54, 1.807) is 12.1 Å². The fraction of sp³-hybridized carbons (Fsp3) is 0.556. The normalized spacial score (nSPS) is 19.3. The van der Waals surface area contributed by atoms with Crippen molar-refractivity contribution in [3.05, 3.63) is 23.5 Å². The Kier molecular flexibility index (Phi) is 3.81. The highest BCUT2D eigenvalue weighted by atomic mass is 16.3. The molecule has 5 nitrogen and oxygen atoms in total. The Morgan fingerprint density at radius 1 is 1.22 bits per heavy atom. The van der Waals surface area contributed by atoms with E-state index in [2.05, 4.69) is 15.3 Å². The number of phenolic OH excluding ortho intramolecular Hbond substituents is 1. The summed E-state index contributed by atoms with van der Waals surface area (Å²) in [6.45, 7) is 2.12. The van der Waals surface area contributed by atoms with Crippen molar-refractivity contribution in [2.24, 2.45) is 5.92 Å². The predicted molar refractivity (Wildman–Crippen MR) is 88.9 cm³/mol. The Bertz CT molecular complexity index is 727. The molecule has 2 aliphatic rings. The van der Waals surface area contributed by atoms with Crippen molar-refractivity contribution in [3.8, 4) is 5.75 Å². The number of hydrogen-bond acceptors (Lipinski definition) is 4. The average Bonchev–Trinajstić information content (AvgIpc) is 3.33. The van der Waals surface area contributed by atoms with E-state index in [0.717, 1.165) is 51.0 Å². The van der Waals surface area contributed by atoms with Gasteiger partial charge in [0.25, 0.3) is 0 Å². The van der Waals surface area contributed by atoms with Crippen molar-refractivity contribution in [2.45, 2.75) is 44.4 Å². The molecular weight excluding hydrogens is 290 g/mol. The number of H-pyrrole nitrogens is 1. The Hall–Kier alpha value is -1.88. The van der Waals surface area contributed by atoms with Crippen LogP contribution in [0.15, 0.2) is 12.1 Å². The van der Waals surface area contributed by atoms with Gasteiger partial charge >= 0.3 is 0 Å². The first kappa shape index (κ1) is 14.7. The summed E-state index contributed by atoms with van der Waals surface area (Å²) in [5, 5.41) is 13.4. The standard InChI is InChI=1S/C18H23N3O2/c22-14(5-1-11-7-9-19-10-8-11)13-4-6-15(23)17-16(13)20-18(21-17)12-2-3-12/h4,6,11-12,19,23H,1-3,5,7-10H2,(H,20,21). The van der Waals surface area contributed by atoms with Crippen LogP contribution in [0.2, 0.25) is 0 Å². The Morgan fingerprint density at radius 2 is 2.00 bits per heavy atom. The number of aromatic nitrogens is 2. The molecule has 3 N–H and O–H groups in total. The minimum Gasteiger partial charge on any atom is -0.506 e. The summed E-state index contributed by atoms with van der Waals surface area (Å²) in [6, 6.07) is 3.33. The van der Waals surface area contributed by atoms with Crippen molar-refractivity contribution in [2.75, 3.05) is 13.1 Å². The quantitative estimate of drug-likeness (QED) is 0.741. The maximum atomic E-state index is 12.7. The molecule has 5 heteroatoms. The van der Waals surface area contributed by atoms with E-state index in [0.29, 0.717) is 34.9 Å². The maximum Gasteiger partial charge on any atom is 0.165 e. The van der Waals surface area contributed by atoms with Crippen molar-refractivity contribution in [1.82, 2.24) is 15.3 Å². The van der Waals surface area contributed by atoms with E-state index in [1.165, 1.54) is 0 Å². The number of rotatable bonds is 5. The van der Waals surface area contributed by atoms with Gasteiger partial charge in [-0.2, -0.15) is 0 Å². The predicted octanol–water partition coefficient (Wildman–Crippen LogP) is 3.11. The van der Waals surface area contributed by atoms with Crippen LogP contribution in [-0.2, 0) is 0 Å². The molecule has 1 aliphatic carbocycles. The second kappa shape index (κ2) is 5.96. The van der Waals surface area contributed by atoms with Crippen LogP contribution in [-0.4, -0.2) is 33.9 Å². The van der Waals surface area contributed by atoms with Gasteiger partial charge in [0.15, 0.2) is 5.78 Å². The van der Waals surface area contributed by atoms with Crippen LogP contribution < -0.4 is 5.32 Å².